The van der Waals surface area contributed by atoms with E-state index in [4.69, 9.17) is 10.2 Å². The average Bonchev–Trinajstić information content (AvgIpc) is 2.57. The summed E-state index contributed by atoms with van der Waals surface area (Å²) in [5.41, 5.74) is 7.01. The molecular formula is C12H13NO2. The molecule has 1 aromatic carbocycles. The molecule has 0 bridgehead atoms. The Bertz CT molecular complexity index is 499. The first-order valence-electron chi connectivity index (χ1n) is 4.95. The molecular weight excluding hydrogens is 190 g/mol. The maximum absolute atomic E-state index is 11.7. The minimum Gasteiger partial charge on any atom is -0.453 e. The van der Waals surface area contributed by atoms with Crippen molar-refractivity contribution < 1.29 is 9.21 Å². The van der Waals surface area contributed by atoms with Gasteiger partial charge in [-0.3, -0.25) is 4.79 Å². The van der Waals surface area contributed by atoms with Gasteiger partial charge in [0.2, 0.25) is 0 Å². The first kappa shape index (κ1) is 9.93. The van der Waals surface area contributed by atoms with Crippen LogP contribution in [0.5, 0.6) is 0 Å². The molecule has 0 spiro atoms. The first-order valence-corrected chi connectivity index (χ1v) is 4.95. The summed E-state index contributed by atoms with van der Waals surface area (Å²) in [5.74, 6) is 0.424. The third-order valence-electron chi connectivity index (χ3n) is 2.47. The molecule has 0 fully saturated rings. The molecule has 15 heavy (non-hydrogen) atoms. The van der Waals surface area contributed by atoms with E-state index >= 15 is 0 Å². The number of hydrogen-bond donors (Lipinski definition) is 1. The van der Waals surface area contributed by atoms with Crippen LogP contribution >= 0.6 is 0 Å². The summed E-state index contributed by atoms with van der Waals surface area (Å²) in [5, 5.41) is 0.998. The fraction of sp³-hybridized carbons (Fsp3) is 0.250. The topological polar surface area (TPSA) is 56.2 Å². The van der Waals surface area contributed by atoms with Crippen molar-refractivity contribution >= 4 is 16.8 Å². The van der Waals surface area contributed by atoms with Crippen LogP contribution in [0.1, 0.15) is 22.5 Å². The molecule has 0 saturated carbocycles. The summed E-state index contributed by atoms with van der Waals surface area (Å²) < 4.78 is 5.51. The molecule has 0 radical (unpaired) electrons. The van der Waals surface area contributed by atoms with Crippen LogP contribution in [0.4, 0.5) is 0 Å². The highest BCUT2D eigenvalue weighted by molar-refractivity contribution is 6.00. The summed E-state index contributed by atoms with van der Waals surface area (Å²) in [6.07, 6.45) is 0.334. The molecule has 0 atom stereocenters. The molecule has 78 valence electrons. The fourth-order valence-electron chi connectivity index (χ4n) is 1.68. The van der Waals surface area contributed by atoms with Crippen molar-refractivity contribution in [3.05, 3.63) is 35.6 Å². The Hall–Kier alpha value is -1.61. The van der Waals surface area contributed by atoms with E-state index in [-0.39, 0.29) is 5.78 Å². The Labute approximate surface area is 87.9 Å². The molecule has 0 aliphatic heterocycles. The molecule has 2 N–H and O–H groups in total. The first-order chi connectivity index (χ1) is 7.24. The zero-order valence-corrected chi connectivity index (χ0v) is 8.62. The van der Waals surface area contributed by atoms with E-state index < -0.39 is 0 Å². The van der Waals surface area contributed by atoms with Gasteiger partial charge in [-0.15, -0.1) is 0 Å². The Morgan fingerprint density at radius 3 is 2.80 bits per heavy atom. The van der Waals surface area contributed by atoms with Crippen LogP contribution in [0.3, 0.4) is 0 Å². The number of rotatable bonds is 3. The van der Waals surface area contributed by atoms with Crippen molar-refractivity contribution in [1.29, 1.82) is 0 Å². The number of fused-ring (bicyclic) bond motifs is 1. The predicted octanol–water partition coefficient (Wildman–Crippen LogP) is 2.27. The number of para-hydroxylation sites is 1. The van der Waals surface area contributed by atoms with Gasteiger partial charge in [-0.2, -0.15) is 0 Å². The second-order valence-electron chi connectivity index (χ2n) is 3.51. The lowest BCUT2D eigenvalue weighted by Crippen LogP contribution is -2.08. The van der Waals surface area contributed by atoms with Gasteiger partial charge in [0.25, 0.3) is 0 Å². The van der Waals surface area contributed by atoms with E-state index in [9.17, 15) is 4.79 Å². The maximum Gasteiger partial charge on any atom is 0.199 e. The molecule has 3 nitrogen and oxygen atoms in total. The molecule has 3 heteroatoms. The van der Waals surface area contributed by atoms with Crippen molar-refractivity contribution in [3.63, 3.8) is 0 Å². The lowest BCUT2D eigenvalue weighted by Gasteiger charge is -1.94. The van der Waals surface area contributed by atoms with Gasteiger partial charge in [0.15, 0.2) is 11.5 Å². The Morgan fingerprint density at radius 1 is 1.40 bits per heavy atom. The average molecular weight is 203 g/mol. The third kappa shape index (κ3) is 1.66. The van der Waals surface area contributed by atoms with E-state index in [0.717, 1.165) is 16.5 Å². The molecule has 0 aliphatic rings. The Kier molecular flexibility index (Phi) is 2.56. The minimum absolute atomic E-state index is 0.0220. The highest BCUT2D eigenvalue weighted by atomic mass is 16.3. The highest BCUT2D eigenvalue weighted by Crippen LogP contribution is 2.25. The molecule has 0 amide bonds. The fourth-order valence-corrected chi connectivity index (χ4v) is 1.68. The number of hydrogen-bond acceptors (Lipinski definition) is 3. The number of aryl methyl sites for hydroxylation is 1. The SMILES string of the molecule is Cc1c(C(=O)CCN)oc2ccccc12. The highest BCUT2D eigenvalue weighted by Gasteiger charge is 2.15. The summed E-state index contributed by atoms with van der Waals surface area (Å²) in [7, 11) is 0. The van der Waals surface area contributed by atoms with E-state index in [1.807, 2.05) is 31.2 Å². The molecule has 1 aromatic heterocycles. The normalized spacial score (nSPS) is 10.8. The lowest BCUT2D eigenvalue weighted by atomic mass is 10.1. The summed E-state index contributed by atoms with van der Waals surface area (Å²) in [6.45, 7) is 2.25. The maximum atomic E-state index is 11.7. The van der Waals surface area contributed by atoms with Gasteiger partial charge in [0.05, 0.1) is 0 Å². The molecule has 0 saturated heterocycles. The molecule has 0 aliphatic carbocycles. The van der Waals surface area contributed by atoms with Gasteiger partial charge in [0, 0.05) is 17.4 Å². The van der Waals surface area contributed by atoms with Crippen LogP contribution < -0.4 is 5.73 Å². The number of furan rings is 1. The largest absolute Gasteiger partial charge is 0.453 e. The number of nitrogens with two attached hydrogens (primary N) is 1. The summed E-state index contributed by atoms with van der Waals surface area (Å²) in [4.78, 5) is 11.7. The van der Waals surface area contributed by atoms with Gasteiger partial charge in [-0.25, -0.2) is 0 Å². The van der Waals surface area contributed by atoms with Crippen molar-refractivity contribution in [2.24, 2.45) is 5.73 Å². The van der Waals surface area contributed by atoms with Crippen LogP contribution in [-0.2, 0) is 0 Å². The molecule has 1 heterocycles. The van der Waals surface area contributed by atoms with Crippen molar-refractivity contribution in [1.82, 2.24) is 0 Å². The monoisotopic (exact) mass is 203 g/mol. The van der Waals surface area contributed by atoms with E-state index in [1.54, 1.807) is 0 Å². The smallest absolute Gasteiger partial charge is 0.199 e. The van der Waals surface area contributed by atoms with Crippen molar-refractivity contribution in [3.8, 4) is 0 Å². The van der Waals surface area contributed by atoms with Gasteiger partial charge in [0.1, 0.15) is 5.58 Å². The molecule has 2 rings (SSSR count). The van der Waals surface area contributed by atoms with E-state index in [1.165, 1.54) is 0 Å². The predicted molar refractivity (Wildman–Crippen MR) is 59.0 cm³/mol. The standard InChI is InChI=1S/C12H13NO2/c1-8-9-4-2-3-5-11(9)15-12(8)10(14)6-7-13/h2-5H,6-7,13H2,1H3. The summed E-state index contributed by atoms with van der Waals surface area (Å²) in [6, 6.07) is 7.64. The minimum atomic E-state index is -0.0220. The second-order valence-corrected chi connectivity index (χ2v) is 3.51. The lowest BCUT2D eigenvalue weighted by molar-refractivity contribution is 0.0960. The second kappa shape index (κ2) is 3.87. The third-order valence-corrected chi connectivity index (χ3v) is 2.47. The number of carbonyl (C=O) groups excluding carboxylic acids is 1. The Balaban J connectivity index is 2.53. The zero-order valence-electron chi connectivity index (χ0n) is 8.62. The van der Waals surface area contributed by atoms with Crippen LogP contribution in [0, 0.1) is 6.92 Å². The van der Waals surface area contributed by atoms with Gasteiger partial charge < -0.3 is 10.2 Å². The number of ketones is 1. The number of Topliss-reactive ketones (excluding diaryl/α,β-unsaturated/α-hetero) is 1. The molecule has 0 unspecified atom stereocenters. The van der Waals surface area contributed by atoms with Gasteiger partial charge >= 0.3 is 0 Å². The van der Waals surface area contributed by atoms with Crippen LogP contribution in [-0.4, -0.2) is 12.3 Å². The summed E-state index contributed by atoms with van der Waals surface area (Å²) >= 11 is 0. The van der Waals surface area contributed by atoms with Crippen molar-refractivity contribution in [2.75, 3.05) is 6.54 Å². The van der Waals surface area contributed by atoms with Crippen LogP contribution in [0.2, 0.25) is 0 Å². The van der Waals surface area contributed by atoms with E-state index in [2.05, 4.69) is 0 Å². The number of carbonyl (C=O) groups is 1. The Morgan fingerprint density at radius 2 is 2.13 bits per heavy atom. The van der Waals surface area contributed by atoms with Crippen LogP contribution in [0.15, 0.2) is 28.7 Å². The van der Waals surface area contributed by atoms with Crippen molar-refractivity contribution in [2.45, 2.75) is 13.3 Å². The van der Waals surface area contributed by atoms with E-state index in [0.29, 0.717) is 18.7 Å². The number of benzene rings is 1. The zero-order chi connectivity index (χ0) is 10.8. The van der Waals surface area contributed by atoms with Crippen LogP contribution in [0.25, 0.3) is 11.0 Å². The van der Waals surface area contributed by atoms with Gasteiger partial charge in [-0.1, -0.05) is 18.2 Å². The molecule has 2 aromatic rings. The van der Waals surface area contributed by atoms with Gasteiger partial charge in [-0.05, 0) is 19.5 Å². The quantitative estimate of drug-likeness (QED) is 0.778.